The summed E-state index contributed by atoms with van der Waals surface area (Å²) in [5, 5.41) is 2.72. The van der Waals surface area contributed by atoms with E-state index in [1.807, 2.05) is 0 Å². The van der Waals surface area contributed by atoms with Gasteiger partial charge in [0.15, 0.2) is 6.61 Å². The number of ether oxygens (including phenoxy) is 1. The van der Waals surface area contributed by atoms with E-state index >= 15 is 0 Å². The van der Waals surface area contributed by atoms with Gasteiger partial charge in [0.1, 0.15) is 11.6 Å². The minimum absolute atomic E-state index is 0.202. The summed E-state index contributed by atoms with van der Waals surface area (Å²) in [6.07, 6.45) is 0. The molecule has 20 heavy (non-hydrogen) atoms. The largest absolute Gasteiger partial charge is 0.484 e. The minimum atomic E-state index is -0.485. The first-order chi connectivity index (χ1) is 9.54. The highest BCUT2D eigenvalue weighted by molar-refractivity contribution is 6.33. The van der Waals surface area contributed by atoms with Gasteiger partial charge in [-0.1, -0.05) is 17.7 Å². The quantitative estimate of drug-likeness (QED) is 0.852. The third kappa shape index (κ3) is 3.86. The van der Waals surface area contributed by atoms with Crippen LogP contribution in [0.25, 0.3) is 0 Å². The fourth-order valence-corrected chi connectivity index (χ4v) is 1.70. The van der Waals surface area contributed by atoms with Crippen molar-refractivity contribution in [2.45, 2.75) is 0 Å². The lowest BCUT2D eigenvalue weighted by atomic mass is 10.3. The van der Waals surface area contributed by atoms with Gasteiger partial charge in [-0.2, -0.15) is 0 Å². The summed E-state index contributed by atoms with van der Waals surface area (Å²) in [7, 11) is 0. The lowest BCUT2D eigenvalue weighted by Crippen LogP contribution is -2.20. The van der Waals surface area contributed by atoms with Crippen LogP contribution in [0.4, 0.5) is 15.8 Å². The van der Waals surface area contributed by atoms with E-state index in [2.05, 4.69) is 5.32 Å². The number of benzene rings is 2. The van der Waals surface area contributed by atoms with Crippen LogP contribution in [-0.2, 0) is 4.79 Å². The third-order valence-corrected chi connectivity index (χ3v) is 2.76. The highest BCUT2D eigenvalue weighted by Crippen LogP contribution is 2.22. The molecule has 1 amide bonds. The first kappa shape index (κ1) is 14.1. The number of rotatable bonds is 4. The van der Waals surface area contributed by atoms with Gasteiger partial charge in [0.05, 0.1) is 10.7 Å². The van der Waals surface area contributed by atoms with Crippen LogP contribution < -0.4 is 15.8 Å². The highest BCUT2D eigenvalue weighted by Gasteiger charge is 2.08. The first-order valence-corrected chi connectivity index (χ1v) is 6.15. The van der Waals surface area contributed by atoms with Crippen molar-refractivity contribution in [3.05, 3.63) is 53.3 Å². The molecule has 2 rings (SSSR count). The third-order valence-electron chi connectivity index (χ3n) is 2.43. The van der Waals surface area contributed by atoms with Crippen molar-refractivity contribution in [1.82, 2.24) is 0 Å². The zero-order valence-corrected chi connectivity index (χ0v) is 11.2. The van der Waals surface area contributed by atoms with Crippen LogP contribution in [0.3, 0.4) is 0 Å². The Morgan fingerprint density at radius 2 is 2.10 bits per heavy atom. The maximum atomic E-state index is 13.0. The predicted octanol–water partition coefficient (Wildman–Crippen LogP) is 3.08. The molecule has 0 saturated carbocycles. The normalized spacial score (nSPS) is 10.1. The Morgan fingerprint density at radius 1 is 1.30 bits per heavy atom. The van der Waals surface area contributed by atoms with Crippen molar-refractivity contribution in [3.8, 4) is 5.75 Å². The maximum absolute atomic E-state index is 13.0. The average Bonchev–Trinajstić information content (AvgIpc) is 2.41. The molecule has 0 aromatic heterocycles. The molecule has 0 radical (unpaired) electrons. The predicted molar refractivity (Wildman–Crippen MR) is 76.4 cm³/mol. The Morgan fingerprint density at radius 3 is 2.85 bits per heavy atom. The topological polar surface area (TPSA) is 64.3 Å². The van der Waals surface area contributed by atoms with Crippen LogP contribution in [0.15, 0.2) is 42.5 Å². The fraction of sp³-hybridized carbons (Fsp3) is 0.0714. The van der Waals surface area contributed by atoms with E-state index in [0.29, 0.717) is 11.4 Å². The summed E-state index contributed by atoms with van der Waals surface area (Å²) in [6, 6.07) is 10.4. The van der Waals surface area contributed by atoms with Crippen molar-refractivity contribution in [2.24, 2.45) is 0 Å². The first-order valence-electron chi connectivity index (χ1n) is 5.78. The monoisotopic (exact) mass is 294 g/mol. The van der Waals surface area contributed by atoms with E-state index in [-0.39, 0.29) is 17.3 Å². The van der Waals surface area contributed by atoms with Crippen LogP contribution in [0.2, 0.25) is 5.02 Å². The van der Waals surface area contributed by atoms with Gasteiger partial charge in [-0.15, -0.1) is 0 Å². The molecule has 0 atom stereocenters. The number of anilines is 2. The fourth-order valence-electron chi connectivity index (χ4n) is 1.53. The summed E-state index contributed by atoms with van der Waals surface area (Å²) >= 11 is 5.84. The van der Waals surface area contributed by atoms with E-state index < -0.39 is 11.7 Å². The van der Waals surface area contributed by atoms with Crippen molar-refractivity contribution in [1.29, 1.82) is 0 Å². The molecule has 0 aliphatic rings. The second-order valence-corrected chi connectivity index (χ2v) is 4.44. The van der Waals surface area contributed by atoms with Gasteiger partial charge in [0.2, 0.25) is 0 Å². The summed E-state index contributed by atoms with van der Waals surface area (Å²) in [5.41, 5.74) is 6.33. The van der Waals surface area contributed by atoms with E-state index in [4.69, 9.17) is 22.1 Å². The Bertz CT molecular complexity index is 634. The van der Waals surface area contributed by atoms with Crippen molar-refractivity contribution in [3.63, 3.8) is 0 Å². The van der Waals surface area contributed by atoms with Crippen molar-refractivity contribution >= 4 is 28.9 Å². The summed E-state index contributed by atoms with van der Waals surface area (Å²) in [6.45, 7) is -0.226. The van der Waals surface area contributed by atoms with Crippen molar-refractivity contribution < 1.29 is 13.9 Å². The molecule has 0 unspecified atom stereocenters. The SMILES string of the molecule is Nc1cccc(OCC(=O)Nc2cc(F)ccc2Cl)c1. The standard InChI is InChI=1S/C14H12ClFN2O2/c15-12-5-4-9(16)6-13(12)18-14(19)8-20-11-3-1-2-10(17)7-11/h1-7H,8,17H2,(H,18,19). The Kier molecular flexibility index (Phi) is 4.42. The number of hydrogen-bond acceptors (Lipinski definition) is 3. The maximum Gasteiger partial charge on any atom is 0.262 e. The number of nitrogens with one attached hydrogen (secondary N) is 1. The molecule has 6 heteroatoms. The second kappa shape index (κ2) is 6.25. The zero-order valence-electron chi connectivity index (χ0n) is 10.4. The Labute approximate surface area is 120 Å². The van der Waals surface area contributed by atoms with Crippen LogP contribution >= 0.6 is 11.6 Å². The van der Waals surface area contributed by atoms with Gasteiger partial charge >= 0.3 is 0 Å². The molecule has 0 spiro atoms. The van der Waals surface area contributed by atoms with E-state index in [1.165, 1.54) is 12.1 Å². The Balaban J connectivity index is 1.94. The van der Waals surface area contributed by atoms with Gasteiger partial charge in [0.25, 0.3) is 5.91 Å². The molecule has 104 valence electrons. The second-order valence-electron chi connectivity index (χ2n) is 4.03. The molecule has 0 aliphatic heterocycles. The lowest BCUT2D eigenvalue weighted by Gasteiger charge is -2.09. The molecule has 2 aromatic rings. The summed E-state index contributed by atoms with van der Waals surface area (Å²) in [5.74, 6) is -0.452. The number of amides is 1. The molecule has 0 fully saturated rings. The molecule has 4 nitrogen and oxygen atoms in total. The van der Waals surface area contributed by atoms with E-state index in [0.717, 1.165) is 6.07 Å². The molecular weight excluding hydrogens is 283 g/mol. The van der Waals surface area contributed by atoms with Gasteiger partial charge in [-0.3, -0.25) is 4.79 Å². The minimum Gasteiger partial charge on any atom is -0.484 e. The van der Waals surface area contributed by atoms with Crippen LogP contribution in [-0.4, -0.2) is 12.5 Å². The smallest absolute Gasteiger partial charge is 0.262 e. The molecule has 0 aliphatic carbocycles. The summed E-state index contributed by atoms with van der Waals surface area (Å²) in [4.78, 5) is 11.7. The number of carbonyl (C=O) groups is 1. The van der Waals surface area contributed by atoms with Gasteiger partial charge in [-0.05, 0) is 30.3 Å². The summed E-state index contributed by atoms with van der Waals surface area (Å²) < 4.78 is 18.3. The molecule has 0 saturated heterocycles. The average molecular weight is 295 g/mol. The Hall–Kier alpha value is -2.27. The van der Waals surface area contributed by atoms with Crippen LogP contribution in [0.5, 0.6) is 5.75 Å². The number of halogens is 2. The molecule has 0 heterocycles. The van der Waals surface area contributed by atoms with Gasteiger partial charge in [0, 0.05) is 11.8 Å². The van der Waals surface area contributed by atoms with Gasteiger partial charge < -0.3 is 15.8 Å². The molecule has 3 N–H and O–H groups in total. The molecular formula is C14H12ClFN2O2. The van der Waals surface area contributed by atoms with Crippen LogP contribution in [0.1, 0.15) is 0 Å². The number of nitrogens with two attached hydrogens (primary N) is 1. The van der Waals surface area contributed by atoms with E-state index in [1.54, 1.807) is 24.3 Å². The zero-order chi connectivity index (χ0) is 14.5. The van der Waals surface area contributed by atoms with Gasteiger partial charge in [-0.25, -0.2) is 4.39 Å². The number of hydrogen-bond donors (Lipinski definition) is 2. The number of nitrogen functional groups attached to an aromatic ring is 1. The highest BCUT2D eigenvalue weighted by atomic mass is 35.5. The molecule has 0 bridgehead atoms. The van der Waals surface area contributed by atoms with Crippen LogP contribution in [0, 0.1) is 5.82 Å². The van der Waals surface area contributed by atoms with E-state index in [9.17, 15) is 9.18 Å². The molecule has 2 aromatic carbocycles. The number of carbonyl (C=O) groups excluding carboxylic acids is 1. The lowest BCUT2D eigenvalue weighted by molar-refractivity contribution is -0.118. The van der Waals surface area contributed by atoms with Crippen molar-refractivity contribution in [2.75, 3.05) is 17.7 Å².